The number of hydrogen-bond acceptors (Lipinski definition) is 8. The summed E-state index contributed by atoms with van der Waals surface area (Å²) in [5.41, 5.74) is 3.47. The Morgan fingerprint density at radius 2 is 1.96 bits per heavy atom. The number of hydrogen-bond donors (Lipinski definition) is 2. The van der Waals surface area contributed by atoms with Crippen LogP contribution < -0.4 is 14.8 Å². The van der Waals surface area contributed by atoms with Gasteiger partial charge in [-0.2, -0.15) is 5.10 Å². The van der Waals surface area contributed by atoms with Gasteiger partial charge in [0, 0.05) is 34.5 Å². The van der Waals surface area contributed by atoms with E-state index in [0.717, 1.165) is 33.5 Å². The molecule has 0 radical (unpaired) electrons. The maximum Gasteiger partial charge on any atom is 0.295 e. The van der Waals surface area contributed by atoms with Crippen molar-refractivity contribution in [1.82, 2.24) is 25.4 Å². The van der Waals surface area contributed by atoms with Crippen LogP contribution in [-0.4, -0.2) is 45.5 Å². The number of fused-ring (bicyclic) bond motifs is 1. The Morgan fingerprint density at radius 3 is 2.71 bits per heavy atom. The van der Waals surface area contributed by atoms with Gasteiger partial charge in [0.05, 0.1) is 31.5 Å². The lowest BCUT2D eigenvalue weighted by Gasteiger charge is -2.13. The Balaban J connectivity index is 1.79. The van der Waals surface area contributed by atoms with Crippen LogP contribution in [0.2, 0.25) is 0 Å². The van der Waals surface area contributed by atoms with Crippen molar-refractivity contribution in [2.24, 2.45) is 0 Å². The molecule has 0 aliphatic carbocycles. The second-order valence-corrected chi connectivity index (χ2v) is 6.85. The first kappa shape index (κ1) is 17.9. The van der Waals surface area contributed by atoms with Crippen LogP contribution in [-0.2, 0) is 0 Å². The first-order chi connectivity index (χ1) is 13.6. The second-order valence-electron chi connectivity index (χ2n) is 5.91. The van der Waals surface area contributed by atoms with Crippen molar-refractivity contribution in [1.29, 1.82) is 0 Å². The fraction of sp³-hybridized carbons (Fsp3) is 0.167. The molecule has 1 amide bonds. The summed E-state index contributed by atoms with van der Waals surface area (Å²) in [6.07, 6.45) is 3.26. The molecule has 0 aliphatic heterocycles. The molecule has 0 fully saturated rings. The van der Waals surface area contributed by atoms with Crippen LogP contribution in [0.1, 0.15) is 16.1 Å². The molecule has 0 spiro atoms. The van der Waals surface area contributed by atoms with Crippen molar-refractivity contribution >= 4 is 33.3 Å². The third kappa shape index (κ3) is 3.25. The van der Waals surface area contributed by atoms with Gasteiger partial charge in [0.15, 0.2) is 0 Å². The van der Waals surface area contributed by atoms with Crippen LogP contribution >= 0.6 is 11.3 Å². The van der Waals surface area contributed by atoms with Gasteiger partial charge in [-0.3, -0.25) is 20.2 Å². The molecular weight excluding hydrogens is 380 g/mol. The summed E-state index contributed by atoms with van der Waals surface area (Å²) < 4.78 is 10.6. The van der Waals surface area contributed by atoms with Crippen molar-refractivity contribution in [3.8, 4) is 22.1 Å². The number of anilines is 1. The lowest BCUT2D eigenvalue weighted by atomic mass is 9.98. The fourth-order valence-corrected chi connectivity index (χ4v) is 3.38. The van der Waals surface area contributed by atoms with E-state index in [1.165, 1.54) is 13.3 Å². The monoisotopic (exact) mass is 396 g/mol. The number of amides is 1. The average Bonchev–Trinajstić information content (AvgIpc) is 3.35. The van der Waals surface area contributed by atoms with E-state index >= 15 is 0 Å². The molecule has 0 bridgehead atoms. The Kier molecular flexibility index (Phi) is 4.62. The van der Waals surface area contributed by atoms with Gasteiger partial charge >= 0.3 is 0 Å². The maximum absolute atomic E-state index is 12.9. The van der Waals surface area contributed by atoms with Crippen molar-refractivity contribution in [3.05, 3.63) is 41.9 Å². The summed E-state index contributed by atoms with van der Waals surface area (Å²) in [7, 11) is 3.08. The third-order valence-electron chi connectivity index (χ3n) is 4.14. The summed E-state index contributed by atoms with van der Waals surface area (Å²) in [4.78, 5) is 17.2. The molecule has 4 rings (SSSR count). The normalized spacial score (nSPS) is 10.8. The van der Waals surface area contributed by atoms with Gasteiger partial charge in [-0.15, -0.1) is 5.10 Å². The van der Waals surface area contributed by atoms with Crippen LogP contribution in [0.15, 0.2) is 30.6 Å². The molecule has 1 aromatic carbocycles. The predicted molar refractivity (Wildman–Crippen MR) is 105 cm³/mol. The summed E-state index contributed by atoms with van der Waals surface area (Å²) in [6.45, 7) is 1.86. The van der Waals surface area contributed by atoms with Gasteiger partial charge in [0.1, 0.15) is 5.75 Å². The molecule has 3 heterocycles. The summed E-state index contributed by atoms with van der Waals surface area (Å²) >= 11 is 1.14. The number of pyridine rings is 1. The topological polar surface area (TPSA) is 115 Å². The lowest BCUT2D eigenvalue weighted by Crippen LogP contribution is -2.14. The van der Waals surface area contributed by atoms with E-state index in [-0.39, 0.29) is 5.91 Å². The van der Waals surface area contributed by atoms with Crippen molar-refractivity contribution in [2.45, 2.75) is 6.92 Å². The van der Waals surface area contributed by atoms with Crippen LogP contribution in [0, 0.1) is 6.92 Å². The van der Waals surface area contributed by atoms with E-state index in [2.05, 4.69) is 30.7 Å². The minimum Gasteiger partial charge on any atom is -0.496 e. The lowest BCUT2D eigenvalue weighted by molar-refractivity contribution is 0.102. The van der Waals surface area contributed by atoms with E-state index in [4.69, 9.17) is 9.47 Å². The van der Waals surface area contributed by atoms with E-state index < -0.39 is 0 Å². The molecular formula is C18H16N6O3S. The largest absolute Gasteiger partial charge is 0.496 e. The Labute approximate surface area is 163 Å². The quantitative estimate of drug-likeness (QED) is 0.533. The molecule has 28 heavy (non-hydrogen) atoms. The first-order valence-electron chi connectivity index (χ1n) is 8.26. The molecule has 0 aliphatic rings. The van der Waals surface area contributed by atoms with E-state index in [1.807, 2.05) is 25.1 Å². The van der Waals surface area contributed by atoms with Gasteiger partial charge in [-0.25, -0.2) is 0 Å². The molecule has 0 atom stereocenters. The minimum atomic E-state index is -0.351. The second kappa shape index (κ2) is 7.24. The van der Waals surface area contributed by atoms with Crippen LogP contribution in [0.5, 0.6) is 10.9 Å². The van der Waals surface area contributed by atoms with Crippen molar-refractivity contribution in [2.75, 3.05) is 19.5 Å². The number of H-pyrrole nitrogens is 1. The van der Waals surface area contributed by atoms with Gasteiger partial charge in [0.2, 0.25) is 5.13 Å². The smallest absolute Gasteiger partial charge is 0.295 e. The molecule has 0 unspecified atom stereocenters. The summed E-state index contributed by atoms with van der Waals surface area (Å²) in [5, 5.41) is 19.0. The molecule has 9 nitrogen and oxygen atoms in total. The van der Waals surface area contributed by atoms with Crippen LogP contribution in [0.25, 0.3) is 22.0 Å². The summed E-state index contributed by atoms with van der Waals surface area (Å²) in [5.74, 6) is 0.268. The highest BCUT2D eigenvalue weighted by Gasteiger charge is 2.19. The highest BCUT2D eigenvalue weighted by atomic mass is 32.1. The Bertz CT molecular complexity index is 1170. The highest BCUT2D eigenvalue weighted by molar-refractivity contribution is 7.17. The molecule has 142 valence electrons. The van der Waals surface area contributed by atoms with Crippen LogP contribution in [0.3, 0.4) is 0 Å². The van der Waals surface area contributed by atoms with Crippen LogP contribution in [0.4, 0.5) is 5.13 Å². The number of ether oxygens (including phenoxy) is 2. The first-order valence-corrected chi connectivity index (χ1v) is 9.07. The van der Waals surface area contributed by atoms with Gasteiger partial charge in [0.25, 0.3) is 11.1 Å². The molecule has 0 saturated carbocycles. The number of benzene rings is 1. The zero-order chi connectivity index (χ0) is 19.7. The van der Waals surface area contributed by atoms with E-state index in [1.54, 1.807) is 13.3 Å². The zero-order valence-corrected chi connectivity index (χ0v) is 16.1. The van der Waals surface area contributed by atoms with Crippen molar-refractivity contribution < 1.29 is 14.3 Å². The van der Waals surface area contributed by atoms with Gasteiger partial charge < -0.3 is 9.47 Å². The number of aromatic amines is 1. The molecule has 2 N–H and O–H groups in total. The number of rotatable bonds is 5. The van der Waals surface area contributed by atoms with E-state index in [9.17, 15) is 4.79 Å². The highest BCUT2D eigenvalue weighted by Crippen LogP contribution is 2.36. The van der Waals surface area contributed by atoms with E-state index in [0.29, 0.717) is 27.2 Å². The number of carbonyl (C=O) groups is 1. The predicted octanol–water partition coefficient (Wildman–Crippen LogP) is 3.05. The Morgan fingerprint density at radius 1 is 1.11 bits per heavy atom. The Hall–Kier alpha value is -3.53. The minimum absolute atomic E-state index is 0.339. The van der Waals surface area contributed by atoms with Gasteiger partial charge in [-0.1, -0.05) is 5.10 Å². The third-order valence-corrected chi connectivity index (χ3v) is 4.94. The maximum atomic E-state index is 12.9. The molecule has 10 heteroatoms. The van der Waals surface area contributed by atoms with Crippen molar-refractivity contribution in [3.63, 3.8) is 0 Å². The number of nitrogens with one attached hydrogen (secondary N) is 2. The number of carbonyl (C=O) groups excluding carboxylic acids is 1. The van der Waals surface area contributed by atoms with Gasteiger partial charge in [-0.05, 0) is 30.4 Å². The number of methoxy groups -OCH3 is 2. The average molecular weight is 396 g/mol. The fourth-order valence-electron chi connectivity index (χ4n) is 2.82. The number of nitrogens with zero attached hydrogens (tertiary/aromatic N) is 4. The standard InChI is InChI=1S/C18H16N6O3S/c1-9-4-11(12-5-10-7-20-22-14(10)6-15(12)26-2)13(8-19-9)16(25)21-17-23-24-18(27-3)28-17/h4-8H,1-3H3,(H,20,22)(H,21,23,25). The molecule has 4 aromatic rings. The zero-order valence-electron chi connectivity index (χ0n) is 15.3. The molecule has 3 aromatic heterocycles. The number of aromatic nitrogens is 5. The summed E-state index contributed by atoms with van der Waals surface area (Å²) in [6, 6.07) is 5.63. The number of aryl methyl sites for hydroxylation is 1. The SMILES string of the molecule is COc1nnc(NC(=O)c2cnc(C)cc2-c2cc3cn[nH]c3cc2OC)s1. The molecule has 0 saturated heterocycles.